The molecule has 0 aliphatic heterocycles. The molecular weight excluding hydrogens is 424 g/mol. The zero-order chi connectivity index (χ0) is 21.5. The average molecular weight is 441 g/mol. The van der Waals surface area contributed by atoms with Crippen LogP contribution in [0.3, 0.4) is 0 Å². The number of anilines is 2. The lowest BCUT2D eigenvalue weighted by Gasteiger charge is -2.07. The first-order chi connectivity index (χ1) is 15.7. The monoisotopic (exact) mass is 440 g/mol. The molecule has 0 aliphatic rings. The van der Waals surface area contributed by atoms with E-state index in [2.05, 4.69) is 48.7 Å². The second kappa shape index (κ2) is 7.51. The number of fused-ring (bicyclic) bond motifs is 2. The van der Waals surface area contributed by atoms with Gasteiger partial charge in [-0.25, -0.2) is 15.0 Å². The van der Waals surface area contributed by atoms with Crippen molar-refractivity contribution in [1.82, 2.24) is 34.7 Å². The van der Waals surface area contributed by atoms with E-state index in [1.165, 1.54) is 0 Å². The number of hydrogen-bond donors (Lipinski definition) is 3. The van der Waals surface area contributed by atoms with Crippen molar-refractivity contribution in [3.63, 3.8) is 0 Å². The molecule has 0 spiro atoms. The third-order valence-electron chi connectivity index (χ3n) is 5.31. The van der Waals surface area contributed by atoms with Crippen LogP contribution in [0.2, 0.25) is 5.15 Å². The van der Waals surface area contributed by atoms with E-state index in [4.69, 9.17) is 16.6 Å². The number of rotatable bonds is 5. The lowest BCUT2D eigenvalue weighted by Crippen LogP contribution is -1.97. The highest BCUT2D eigenvalue weighted by molar-refractivity contribution is 6.29. The Hall–Kier alpha value is -4.17. The fourth-order valence-electron chi connectivity index (χ4n) is 3.75. The van der Waals surface area contributed by atoms with Crippen LogP contribution in [0.5, 0.6) is 0 Å². The van der Waals surface area contributed by atoms with Crippen LogP contribution in [-0.2, 0) is 6.54 Å². The van der Waals surface area contributed by atoms with E-state index in [9.17, 15) is 0 Å². The van der Waals surface area contributed by atoms with Gasteiger partial charge in [0.2, 0.25) is 0 Å². The standard InChI is InChI=1S/C23H17ClN8/c24-21-11-25-13-32(21)12-18-7-14-1-2-15(9-20(14)28-18)23-26-6-5-22(30-23)29-17-3-4-19-16(8-17)10-27-31-19/h1-11,13,28H,12H2,(H,27,31)(H,26,29,30). The minimum atomic E-state index is 0.606. The zero-order valence-corrected chi connectivity index (χ0v) is 17.5. The minimum absolute atomic E-state index is 0.606. The van der Waals surface area contributed by atoms with Gasteiger partial charge in [0.15, 0.2) is 5.82 Å². The first-order valence-electron chi connectivity index (χ1n) is 10.0. The van der Waals surface area contributed by atoms with Crippen molar-refractivity contribution in [2.45, 2.75) is 6.54 Å². The minimum Gasteiger partial charge on any atom is -0.357 e. The number of aromatic nitrogens is 7. The summed E-state index contributed by atoms with van der Waals surface area (Å²) in [7, 11) is 0. The number of benzene rings is 2. The smallest absolute Gasteiger partial charge is 0.161 e. The molecule has 6 aromatic rings. The molecule has 2 aromatic carbocycles. The molecule has 0 atom stereocenters. The van der Waals surface area contributed by atoms with Gasteiger partial charge in [-0.1, -0.05) is 23.7 Å². The van der Waals surface area contributed by atoms with E-state index in [1.807, 2.05) is 34.9 Å². The number of halogens is 1. The van der Waals surface area contributed by atoms with Gasteiger partial charge in [-0.05, 0) is 41.8 Å². The maximum atomic E-state index is 6.15. The van der Waals surface area contributed by atoms with Gasteiger partial charge >= 0.3 is 0 Å². The Bertz CT molecular complexity index is 1560. The molecule has 156 valence electrons. The number of imidazole rings is 1. The van der Waals surface area contributed by atoms with Crippen molar-refractivity contribution < 1.29 is 0 Å². The summed E-state index contributed by atoms with van der Waals surface area (Å²) in [5.41, 5.74) is 4.92. The SMILES string of the molecule is Clc1cncn1Cc1cc2ccc(-c3nccc(Nc4ccc5[nH]ncc5c4)n3)cc2[nH]1. The summed E-state index contributed by atoms with van der Waals surface area (Å²) >= 11 is 6.15. The quantitative estimate of drug-likeness (QED) is 0.344. The molecule has 0 bridgehead atoms. The number of aromatic amines is 2. The Labute approximate surface area is 187 Å². The summed E-state index contributed by atoms with van der Waals surface area (Å²) in [5, 5.41) is 13.1. The van der Waals surface area contributed by atoms with E-state index in [0.717, 1.165) is 44.6 Å². The van der Waals surface area contributed by atoms with Crippen molar-refractivity contribution in [3.8, 4) is 11.4 Å². The summed E-state index contributed by atoms with van der Waals surface area (Å²) < 4.78 is 1.88. The Morgan fingerprint density at radius 1 is 0.969 bits per heavy atom. The average Bonchev–Trinajstić information content (AvgIpc) is 3.53. The largest absolute Gasteiger partial charge is 0.357 e. The van der Waals surface area contributed by atoms with Crippen molar-refractivity contribution >= 4 is 44.9 Å². The predicted octanol–water partition coefficient (Wildman–Crippen LogP) is 5.14. The van der Waals surface area contributed by atoms with Gasteiger partial charge in [0, 0.05) is 34.0 Å². The summed E-state index contributed by atoms with van der Waals surface area (Å²) in [4.78, 5) is 16.7. The van der Waals surface area contributed by atoms with Crippen LogP contribution in [0.4, 0.5) is 11.5 Å². The van der Waals surface area contributed by atoms with Crippen molar-refractivity contribution in [2.24, 2.45) is 0 Å². The molecule has 0 aliphatic carbocycles. The third kappa shape index (κ3) is 3.46. The highest BCUT2D eigenvalue weighted by Gasteiger charge is 2.08. The summed E-state index contributed by atoms with van der Waals surface area (Å²) in [6, 6.07) is 16.1. The Morgan fingerprint density at radius 2 is 1.94 bits per heavy atom. The van der Waals surface area contributed by atoms with Crippen LogP contribution >= 0.6 is 11.6 Å². The number of H-pyrrole nitrogens is 2. The molecule has 0 unspecified atom stereocenters. The molecule has 0 amide bonds. The molecule has 9 heteroatoms. The molecule has 4 aromatic heterocycles. The normalized spacial score (nSPS) is 11.4. The first kappa shape index (κ1) is 18.6. The van der Waals surface area contributed by atoms with Crippen molar-refractivity contribution in [2.75, 3.05) is 5.32 Å². The molecule has 0 radical (unpaired) electrons. The van der Waals surface area contributed by atoms with E-state index in [1.54, 1.807) is 24.9 Å². The van der Waals surface area contributed by atoms with Gasteiger partial charge in [0.05, 0.1) is 30.8 Å². The summed E-state index contributed by atoms with van der Waals surface area (Å²) in [5.74, 6) is 1.37. The lowest BCUT2D eigenvalue weighted by atomic mass is 10.1. The fraction of sp³-hybridized carbons (Fsp3) is 0.0435. The molecule has 32 heavy (non-hydrogen) atoms. The molecule has 3 N–H and O–H groups in total. The lowest BCUT2D eigenvalue weighted by molar-refractivity contribution is 0.781. The van der Waals surface area contributed by atoms with E-state index in [-0.39, 0.29) is 0 Å². The second-order valence-corrected chi connectivity index (χ2v) is 7.89. The van der Waals surface area contributed by atoms with Crippen molar-refractivity contribution in [3.05, 3.63) is 84.3 Å². The number of nitrogens with zero attached hydrogens (tertiary/aromatic N) is 5. The summed E-state index contributed by atoms with van der Waals surface area (Å²) in [6.07, 6.45) is 6.91. The molecular formula is C23H17ClN8. The van der Waals surface area contributed by atoms with Crippen LogP contribution in [0.25, 0.3) is 33.2 Å². The Morgan fingerprint density at radius 3 is 2.84 bits per heavy atom. The molecule has 4 heterocycles. The number of nitrogens with one attached hydrogen (secondary N) is 3. The molecule has 8 nitrogen and oxygen atoms in total. The van der Waals surface area contributed by atoms with Crippen LogP contribution in [-0.4, -0.2) is 34.7 Å². The maximum absolute atomic E-state index is 6.15. The van der Waals surface area contributed by atoms with Crippen LogP contribution in [0.1, 0.15) is 5.69 Å². The van der Waals surface area contributed by atoms with Gasteiger partial charge in [0.1, 0.15) is 11.0 Å². The van der Waals surface area contributed by atoms with Gasteiger partial charge in [-0.2, -0.15) is 5.10 Å². The van der Waals surface area contributed by atoms with Crippen LogP contribution in [0.15, 0.2) is 73.4 Å². The van der Waals surface area contributed by atoms with E-state index >= 15 is 0 Å². The Kier molecular flexibility index (Phi) is 4.36. The molecule has 0 saturated carbocycles. The third-order valence-corrected chi connectivity index (χ3v) is 5.62. The highest BCUT2D eigenvalue weighted by atomic mass is 35.5. The van der Waals surface area contributed by atoms with Crippen LogP contribution in [0, 0.1) is 0 Å². The topological polar surface area (TPSA) is 100 Å². The first-order valence-corrected chi connectivity index (χ1v) is 10.4. The molecule has 0 saturated heterocycles. The predicted molar refractivity (Wildman–Crippen MR) is 125 cm³/mol. The van der Waals surface area contributed by atoms with Gasteiger partial charge in [0.25, 0.3) is 0 Å². The van der Waals surface area contributed by atoms with Crippen molar-refractivity contribution in [1.29, 1.82) is 0 Å². The van der Waals surface area contributed by atoms with Crippen LogP contribution < -0.4 is 5.32 Å². The van der Waals surface area contributed by atoms with E-state index < -0.39 is 0 Å². The molecule has 0 fully saturated rings. The summed E-state index contributed by atoms with van der Waals surface area (Å²) in [6.45, 7) is 0.625. The molecule has 6 rings (SSSR count). The highest BCUT2D eigenvalue weighted by Crippen LogP contribution is 2.25. The van der Waals surface area contributed by atoms with Gasteiger partial charge in [-0.15, -0.1) is 0 Å². The second-order valence-electron chi connectivity index (χ2n) is 7.50. The number of hydrogen-bond acceptors (Lipinski definition) is 5. The van der Waals surface area contributed by atoms with E-state index in [0.29, 0.717) is 17.5 Å². The maximum Gasteiger partial charge on any atom is 0.161 e. The van der Waals surface area contributed by atoms with Gasteiger partial charge in [-0.3, -0.25) is 5.10 Å². The van der Waals surface area contributed by atoms with Gasteiger partial charge < -0.3 is 14.9 Å². The fourth-order valence-corrected chi connectivity index (χ4v) is 3.91. The zero-order valence-electron chi connectivity index (χ0n) is 16.7. The Balaban J connectivity index is 1.28.